The van der Waals surface area contributed by atoms with E-state index in [1.54, 1.807) is 0 Å². The van der Waals surface area contributed by atoms with Gasteiger partial charge in [0, 0.05) is 17.8 Å². The van der Waals surface area contributed by atoms with Gasteiger partial charge >= 0.3 is 5.97 Å². The Kier molecular flexibility index (Phi) is 3.93. The zero-order valence-corrected chi connectivity index (χ0v) is 11.8. The first kappa shape index (κ1) is 13.7. The van der Waals surface area contributed by atoms with Crippen LogP contribution in [0.5, 0.6) is 0 Å². The summed E-state index contributed by atoms with van der Waals surface area (Å²) >= 11 is 0. The zero-order chi connectivity index (χ0) is 13.9. The van der Waals surface area contributed by atoms with Crippen molar-refractivity contribution < 1.29 is 9.53 Å². The van der Waals surface area contributed by atoms with Gasteiger partial charge in [-0.2, -0.15) is 0 Å². The number of ether oxygens (including phenoxy) is 1. The summed E-state index contributed by atoms with van der Waals surface area (Å²) in [6, 6.07) is 8.33. The molecule has 1 heterocycles. The number of para-hydroxylation sites is 1. The molecule has 19 heavy (non-hydrogen) atoms. The van der Waals surface area contributed by atoms with Gasteiger partial charge in [-0.05, 0) is 38.3 Å². The molecule has 0 saturated carbocycles. The SMILES string of the molecule is COC(=O)C(C)(C)CCC=C1Cc2ccccc2N1. The van der Waals surface area contributed by atoms with E-state index in [9.17, 15) is 4.79 Å². The van der Waals surface area contributed by atoms with Crippen molar-refractivity contribution in [3.05, 3.63) is 41.6 Å². The second-order valence-electron chi connectivity index (χ2n) is 5.60. The Bertz CT molecular complexity index is 476. The maximum absolute atomic E-state index is 11.6. The van der Waals surface area contributed by atoms with E-state index in [0.717, 1.165) is 19.3 Å². The zero-order valence-electron chi connectivity index (χ0n) is 11.8. The molecule has 0 aliphatic carbocycles. The average molecular weight is 259 g/mol. The third-order valence-electron chi connectivity index (χ3n) is 3.59. The van der Waals surface area contributed by atoms with E-state index in [1.165, 1.54) is 24.1 Å². The summed E-state index contributed by atoms with van der Waals surface area (Å²) in [5.74, 6) is -0.145. The molecule has 0 radical (unpaired) electrons. The molecule has 0 spiro atoms. The van der Waals surface area contributed by atoms with Gasteiger partial charge in [-0.25, -0.2) is 0 Å². The van der Waals surface area contributed by atoms with Crippen molar-refractivity contribution in [2.75, 3.05) is 12.4 Å². The van der Waals surface area contributed by atoms with E-state index in [-0.39, 0.29) is 5.97 Å². The Morgan fingerprint density at radius 2 is 2.16 bits per heavy atom. The van der Waals surface area contributed by atoms with Gasteiger partial charge in [-0.1, -0.05) is 24.3 Å². The first-order valence-corrected chi connectivity index (χ1v) is 6.65. The molecule has 3 heteroatoms. The summed E-state index contributed by atoms with van der Waals surface area (Å²) in [6.07, 6.45) is 4.80. The molecule has 2 rings (SSSR count). The lowest BCUT2D eigenvalue weighted by molar-refractivity contribution is -0.151. The fourth-order valence-corrected chi connectivity index (χ4v) is 2.33. The average Bonchev–Trinajstić information content (AvgIpc) is 2.80. The normalized spacial score (nSPS) is 16.1. The first-order valence-electron chi connectivity index (χ1n) is 6.65. The van der Waals surface area contributed by atoms with E-state index in [4.69, 9.17) is 4.74 Å². The van der Waals surface area contributed by atoms with Crippen LogP contribution in [0, 0.1) is 5.41 Å². The van der Waals surface area contributed by atoms with Crippen molar-refractivity contribution in [1.82, 2.24) is 0 Å². The highest BCUT2D eigenvalue weighted by molar-refractivity contribution is 5.75. The molecule has 0 amide bonds. The molecule has 0 unspecified atom stereocenters. The fraction of sp³-hybridized carbons (Fsp3) is 0.438. The molecule has 1 aromatic carbocycles. The maximum Gasteiger partial charge on any atom is 0.311 e. The molecule has 0 fully saturated rings. The summed E-state index contributed by atoms with van der Waals surface area (Å²) in [4.78, 5) is 11.6. The molecule has 1 aromatic rings. The Hall–Kier alpha value is -1.77. The minimum Gasteiger partial charge on any atom is -0.469 e. The molecule has 3 nitrogen and oxygen atoms in total. The highest BCUT2D eigenvalue weighted by Crippen LogP contribution is 2.29. The molecule has 1 aliphatic rings. The molecule has 0 bridgehead atoms. The minimum absolute atomic E-state index is 0.145. The Morgan fingerprint density at radius 3 is 2.84 bits per heavy atom. The minimum atomic E-state index is -0.419. The van der Waals surface area contributed by atoms with Crippen LogP contribution in [0.25, 0.3) is 0 Å². The van der Waals surface area contributed by atoms with Gasteiger partial charge in [0.2, 0.25) is 0 Å². The molecule has 1 aliphatic heterocycles. The van der Waals surface area contributed by atoms with E-state index in [0.29, 0.717) is 0 Å². The van der Waals surface area contributed by atoms with Crippen molar-refractivity contribution in [2.24, 2.45) is 5.41 Å². The lowest BCUT2D eigenvalue weighted by atomic mass is 9.88. The van der Waals surface area contributed by atoms with Crippen molar-refractivity contribution in [2.45, 2.75) is 33.1 Å². The molecule has 1 N–H and O–H groups in total. The van der Waals surface area contributed by atoms with Crippen molar-refractivity contribution >= 4 is 11.7 Å². The van der Waals surface area contributed by atoms with Crippen LogP contribution in [0.1, 0.15) is 32.3 Å². The second kappa shape index (κ2) is 5.47. The summed E-state index contributed by atoms with van der Waals surface area (Å²) < 4.78 is 4.81. The van der Waals surface area contributed by atoms with Gasteiger partial charge in [-0.15, -0.1) is 0 Å². The predicted octanol–water partition coefficient (Wildman–Crippen LogP) is 3.52. The van der Waals surface area contributed by atoms with Crippen LogP contribution in [-0.2, 0) is 16.0 Å². The highest BCUT2D eigenvalue weighted by Gasteiger charge is 2.27. The standard InChI is InChI=1S/C16H21NO2/c1-16(2,15(18)19-3)10-6-8-13-11-12-7-4-5-9-14(12)17-13/h4-5,7-9,17H,6,10-11H2,1-3H3. The van der Waals surface area contributed by atoms with Gasteiger partial charge in [0.25, 0.3) is 0 Å². The Balaban J connectivity index is 1.91. The number of carbonyl (C=O) groups is 1. The molecule has 0 atom stereocenters. The number of rotatable bonds is 4. The van der Waals surface area contributed by atoms with E-state index in [2.05, 4.69) is 29.6 Å². The lowest BCUT2D eigenvalue weighted by Gasteiger charge is -2.20. The van der Waals surface area contributed by atoms with Crippen LogP contribution >= 0.6 is 0 Å². The van der Waals surface area contributed by atoms with Gasteiger partial charge < -0.3 is 10.1 Å². The third kappa shape index (κ3) is 3.16. The summed E-state index contributed by atoms with van der Waals surface area (Å²) in [5.41, 5.74) is 3.33. The Labute approximate surface area is 114 Å². The highest BCUT2D eigenvalue weighted by atomic mass is 16.5. The maximum atomic E-state index is 11.6. The van der Waals surface area contributed by atoms with Crippen LogP contribution < -0.4 is 5.32 Å². The number of anilines is 1. The van der Waals surface area contributed by atoms with E-state index >= 15 is 0 Å². The number of allylic oxidation sites excluding steroid dienone is 2. The summed E-state index contributed by atoms with van der Waals surface area (Å²) in [5, 5.41) is 3.41. The number of fused-ring (bicyclic) bond motifs is 1. The number of methoxy groups -OCH3 is 1. The van der Waals surface area contributed by atoms with Crippen LogP contribution in [0.15, 0.2) is 36.0 Å². The fourth-order valence-electron chi connectivity index (χ4n) is 2.33. The predicted molar refractivity (Wildman–Crippen MR) is 76.9 cm³/mol. The van der Waals surface area contributed by atoms with Crippen LogP contribution in [0.2, 0.25) is 0 Å². The van der Waals surface area contributed by atoms with Crippen molar-refractivity contribution in [3.8, 4) is 0 Å². The number of hydrogen-bond donors (Lipinski definition) is 1. The molecule has 102 valence electrons. The smallest absolute Gasteiger partial charge is 0.311 e. The molecule has 0 aromatic heterocycles. The number of nitrogens with one attached hydrogen (secondary N) is 1. The second-order valence-corrected chi connectivity index (χ2v) is 5.60. The van der Waals surface area contributed by atoms with Gasteiger partial charge in [0.05, 0.1) is 12.5 Å². The lowest BCUT2D eigenvalue weighted by Crippen LogP contribution is -2.25. The topological polar surface area (TPSA) is 38.3 Å². The van der Waals surface area contributed by atoms with Gasteiger partial charge in [-0.3, -0.25) is 4.79 Å². The van der Waals surface area contributed by atoms with Crippen LogP contribution in [0.4, 0.5) is 5.69 Å². The van der Waals surface area contributed by atoms with E-state index in [1.807, 2.05) is 19.9 Å². The Morgan fingerprint density at radius 1 is 1.42 bits per heavy atom. The van der Waals surface area contributed by atoms with Crippen molar-refractivity contribution in [1.29, 1.82) is 0 Å². The molecular formula is C16H21NO2. The van der Waals surface area contributed by atoms with Crippen LogP contribution in [-0.4, -0.2) is 13.1 Å². The number of hydrogen-bond acceptors (Lipinski definition) is 3. The van der Waals surface area contributed by atoms with Crippen LogP contribution in [0.3, 0.4) is 0 Å². The number of benzene rings is 1. The first-order chi connectivity index (χ1) is 9.03. The monoisotopic (exact) mass is 259 g/mol. The third-order valence-corrected chi connectivity index (χ3v) is 3.59. The summed E-state index contributed by atoms with van der Waals surface area (Å²) in [6.45, 7) is 3.85. The van der Waals surface area contributed by atoms with Crippen molar-refractivity contribution in [3.63, 3.8) is 0 Å². The summed E-state index contributed by atoms with van der Waals surface area (Å²) in [7, 11) is 1.44. The van der Waals surface area contributed by atoms with Gasteiger partial charge in [0.15, 0.2) is 0 Å². The number of carbonyl (C=O) groups excluding carboxylic acids is 1. The molecular weight excluding hydrogens is 238 g/mol. The van der Waals surface area contributed by atoms with Gasteiger partial charge in [0.1, 0.15) is 0 Å². The molecule has 0 saturated heterocycles. The largest absolute Gasteiger partial charge is 0.469 e. The number of esters is 1. The van der Waals surface area contributed by atoms with E-state index < -0.39 is 5.41 Å². The quantitative estimate of drug-likeness (QED) is 0.841.